The first-order chi connectivity index (χ1) is 11.6. The molecule has 4 heteroatoms. The van der Waals surface area contributed by atoms with Crippen LogP contribution in [0, 0.1) is 17.1 Å². The van der Waals surface area contributed by atoms with Gasteiger partial charge in [-0.15, -0.1) is 0 Å². The molecule has 1 unspecified atom stereocenters. The standard InChI is InChI=1S/C20H19FN2O/c1-3-15-10-7-11-19(21)18(15)12-17(13-22)20(24)23-14(2)16-8-5-4-6-9-16/h4-12,14H,3H2,1-2H3,(H,23,24)/b17-12+. The fourth-order valence-corrected chi connectivity index (χ4v) is 2.44. The lowest BCUT2D eigenvalue weighted by Gasteiger charge is -2.14. The lowest BCUT2D eigenvalue weighted by Crippen LogP contribution is -2.27. The molecule has 2 aromatic carbocycles. The molecule has 0 spiro atoms. The van der Waals surface area contributed by atoms with Crippen molar-refractivity contribution in [3.8, 4) is 6.07 Å². The predicted molar refractivity (Wildman–Crippen MR) is 92.4 cm³/mol. The van der Waals surface area contributed by atoms with Gasteiger partial charge in [0.15, 0.2) is 0 Å². The Morgan fingerprint density at radius 1 is 1.25 bits per heavy atom. The van der Waals surface area contributed by atoms with Crippen LogP contribution in [0.4, 0.5) is 4.39 Å². The lowest BCUT2D eigenvalue weighted by molar-refractivity contribution is -0.117. The molecule has 1 N–H and O–H groups in total. The zero-order chi connectivity index (χ0) is 17.5. The van der Waals surface area contributed by atoms with Crippen LogP contribution in [0.25, 0.3) is 6.08 Å². The van der Waals surface area contributed by atoms with Crippen LogP contribution in [-0.4, -0.2) is 5.91 Å². The summed E-state index contributed by atoms with van der Waals surface area (Å²) < 4.78 is 14.0. The van der Waals surface area contributed by atoms with Gasteiger partial charge in [-0.3, -0.25) is 4.79 Å². The van der Waals surface area contributed by atoms with E-state index in [0.717, 1.165) is 11.1 Å². The van der Waals surface area contributed by atoms with Crippen LogP contribution in [0.3, 0.4) is 0 Å². The van der Waals surface area contributed by atoms with Crippen LogP contribution in [0.2, 0.25) is 0 Å². The molecular weight excluding hydrogens is 303 g/mol. The van der Waals surface area contributed by atoms with Gasteiger partial charge in [0.25, 0.3) is 5.91 Å². The van der Waals surface area contributed by atoms with Crippen LogP contribution in [0.1, 0.15) is 36.6 Å². The summed E-state index contributed by atoms with van der Waals surface area (Å²) in [4.78, 5) is 12.3. The van der Waals surface area contributed by atoms with Gasteiger partial charge >= 0.3 is 0 Å². The van der Waals surface area contributed by atoms with Crippen molar-refractivity contribution in [1.29, 1.82) is 5.26 Å². The summed E-state index contributed by atoms with van der Waals surface area (Å²) in [6.45, 7) is 3.73. The Balaban J connectivity index is 2.26. The molecule has 0 radical (unpaired) electrons. The number of rotatable bonds is 5. The van der Waals surface area contributed by atoms with Crippen molar-refractivity contribution < 1.29 is 9.18 Å². The molecule has 24 heavy (non-hydrogen) atoms. The highest BCUT2D eigenvalue weighted by atomic mass is 19.1. The number of nitrogens with zero attached hydrogens (tertiary/aromatic N) is 1. The second-order valence-electron chi connectivity index (χ2n) is 5.44. The maximum atomic E-state index is 14.0. The summed E-state index contributed by atoms with van der Waals surface area (Å²) in [6.07, 6.45) is 1.94. The van der Waals surface area contributed by atoms with Crippen molar-refractivity contribution in [2.75, 3.05) is 0 Å². The molecule has 0 aliphatic heterocycles. The van der Waals surface area contributed by atoms with Gasteiger partial charge in [0.2, 0.25) is 0 Å². The number of amides is 1. The number of aryl methyl sites for hydroxylation is 1. The molecule has 0 aliphatic carbocycles. The number of carbonyl (C=O) groups excluding carboxylic acids is 1. The van der Waals surface area contributed by atoms with E-state index in [1.165, 1.54) is 12.1 Å². The van der Waals surface area contributed by atoms with Gasteiger partial charge in [0.1, 0.15) is 17.5 Å². The molecule has 0 saturated carbocycles. The number of halogens is 1. The second kappa shape index (κ2) is 8.07. The highest BCUT2D eigenvalue weighted by Crippen LogP contribution is 2.19. The molecule has 0 saturated heterocycles. The van der Waals surface area contributed by atoms with Crippen molar-refractivity contribution in [2.45, 2.75) is 26.3 Å². The summed E-state index contributed by atoms with van der Waals surface area (Å²) in [5, 5.41) is 12.1. The van der Waals surface area contributed by atoms with Gasteiger partial charge in [0.05, 0.1) is 6.04 Å². The van der Waals surface area contributed by atoms with E-state index in [0.29, 0.717) is 12.0 Å². The van der Waals surface area contributed by atoms with E-state index in [1.807, 2.05) is 50.2 Å². The first-order valence-corrected chi connectivity index (χ1v) is 7.81. The predicted octanol–water partition coefficient (Wildman–Crippen LogP) is 4.17. The maximum absolute atomic E-state index is 14.0. The average molecular weight is 322 g/mol. The van der Waals surface area contributed by atoms with E-state index in [-0.39, 0.29) is 11.6 Å². The summed E-state index contributed by atoms with van der Waals surface area (Å²) in [5.41, 5.74) is 1.87. The Labute approximate surface area is 141 Å². The van der Waals surface area contributed by atoms with Gasteiger partial charge < -0.3 is 5.32 Å². The third kappa shape index (κ3) is 4.08. The van der Waals surface area contributed by atoms with Crippen LogP contribution < -0.4 is 5.32 Å². The lowest BCUT2D eigenvalue weighted by atomic mass is 10.0. The minimum Gasteiger partial charge on any atom is -0.345 e. The minimum absolute atomic E-state index is 0.113. The summed E-state index contributed by atoms with van der Waals surface area (Å²) in [5.74, 6) is -0.954. The Bertz CT molecular complexity index is 791. The molecule has 1 atom stereocenters. The number of nitriles is 1. The highest BCUT2D eigenvalue weighted by molar-refractivity contribution is 6.02. The largest absolute Gasteiger partial charge is 0.345 e. The zero-order valence-electron chi connectivity index (χ0n) is 13.7. The Hall–Kier alpha value is -2.93. The molecule has 0 fully saturated rings. The Kier molecular flexibility index (Phi) is 5.86. The molecular formula is C20H19FN2O. The van der Waals surface area contributed by atoms with Crippen molar-refractivity contribution in [2.24, 2.45) is 0 Å². The van der Waals surface area contributed by atoms with Crippen LogP contribution in [0.5, 0.6) is 0 Å². The third-order valence-corrected chi connectivity index (χ3v) is 3.83. The Morgan fingerprint density at radius 3 is 2.58 bits per heavy atom. The van der Waals surface area contributed by atoms with Crippen molar-refractivity contribution in [3.05, 3.63) is 76.6 Å². The van der Waals surface area contributed by atoms with E-state index in [1.54, 1.807) is 12.1 Å². The topological polar surface area (TPSA) is 52.9 Å². The van der Waals surface area contributed by atoms with Crippen molar-refractivity contribution >= 4 is 12.0 Å². The Morgan fingerprint density at radius 2 is 1.96 bits per heavy atom. The van der Waals surface area contributed by atoms with E-state index in [9.17, 15) is 14.4 Å². The second-order valence-corrected chi connectivity index (χ2v) is 5.44. The van der Waals surface area contributed by atoms with E-state index in [2.05, 4.69) is 5.32 Å². The van der Waals surface area contributed by atoms with Gasteiger partial charge in [0, 0.05) is 5.56 Å². The molecule has 0 bridgehead atoms. The number of carbonyl (C=O) groups is 1. The molecule has 2 aromatic rings. The molecule has 0 heterocycles. The summed E-state index contributed by atoms with van der Waals surface area (Å²) in [7, 11) is 0. The van der Waals surface area contributed by atoms with Crippen molar-refractivity contribution in [3.63, 3.8) is 0 Å². The smallest absolute Gasteiger partial charge is 0.262 e. The zero-order valence-corrected chi connectivity index (χ0v) is 13.7. The number of nitrogens with one attached hydrogen (secondary N) is 1. The van der Waals surface area contributed by atoms with Gasteiger partial charge in [-0.25, -0.2) is 4.39 Å². The highest BCUT2D eigenvalue weighted by Gasteiger charge is 2.15. The van der Waals surface area contributed by atoms with E-state index < -0.39 is 11.7 Å². The number of benzene rings is 2. The third-order valence-electron chi connectivity index (χ3n) is 3.83. The first kappa shape index (κ1) is 17.4. The van der Waals surface area contributed by atoms with Gasteiger partial charge in [-0.2, -0.15) is 5.26 Å². The van der Waals surface area contributed by atoms with Gasteiger partial charge in [-0.1, -0.05) is 49.4 Å². The van der Waals surface area contributed by atoms with Gasteiger partial charge in [-0.05, 0) is 36.6 Å². The molecule has 2 rings (SSSR count). The fourth-order valence-electron chi connectivity index (χ4n) is 2.44. The molecule has 122 valence electrons. The number of hydrogen-bond acceptors (Lipinski definition) is 2. The normalized spacial score (nSPS) is 12.3. The van der Waals surface area contributed by atoms with E-state index >= 15 is 0 Å². The minimum atomic E-state index is -0.515. The first-order valence-electron chi connectivity index (χ1n) is 7.81. The fraction of sp³-hybridized carbons (Fsp3) is 0.200. The molecule has 0 aromatic heterocycles. The summed E-state index contributed by atoms with van der Waals surface area (Å²) in [6, 6.07) is 15.8. The van der Waals surface area contributed by atoms with Crippen LogP contribution >= 0.6 is 0 Å². The average Bonchev–Trinajstić information content (AvgIpc) is 2.61. The number of hydrogen-bond donors (Lipinski definition) is 1. The summed E-state index contributed by atoms with van der Waals surface area (Å²) >= 11 is 0. The quantitative estimate of drug-likeness (QED) is 0.663. The SMILES string of the molecule is CCc1cccc(F)c1/C=C(\C#N)C(=O)NC(C)c1ccccc1. The monoisotopic (exact) mass is 322 g/mol. The molecule has 0 aliphatic rings. The van der Waals surface area contributed by atoms with Crippen molar-refractivity contribution in [1.82, 2.24) is 5.32 Å². The van der Waals surface area contributed by atoms with E-state index in [4.69, 9.17) is 0 Å². The molecule has 1 amide bonds. The maximum Gasteiger partial charge on any atom is 0.262 e. The van der Waals surface area contributed by atoms with Crippen LogP contribution in [-0.2, 0) is 11.2 Å². The molecule has 3 nitrogen and oxygen atoms in total. The van der Waals surface area contributed by atoms with Crippen LogP contribution in [0.15, 0.2) is 54.1 Å².